The third-order valence-corrected chi connectivity index (χ3v) is 6.13. The van der Waals surface area contributed by atoms with Gasteiger partial charge in [-0.05, 0) is 46.5 Å². The fraction of sp³-hybridized carbons (Fsp3) is 0.889. The number of carboxylic acid groups (broad SMARTS) is 1. The van der Waals surface area contributed by atoms with Crippen molar-refractivity contribution in [2.75, 3.05) is 6.61 Å². The minimum atomic E-state index is -3.95. The average Bonchev–Trinajstić information content (AvgIpc) is 3.23. The van der Waals surface area contributed by atoms with E-state index in [0.29, 0.717) is 0 Å². The molecule has 0 aromatic rings. The van der Waals surface area contributed by atoms with Crippen LogP contribution in [-0.2, 0) is 27.7 Å². The van der Waals surface area contributed by atoms with Gasteiger partial charge in [-0.15, -0.1) is 0 Å². The van der Waals surface area contributed by atoms with Gasteiger partial charge in [0.05, 0.1) is 18.8 Å². The largest absolute Gasteiger partial charge is 0.480 e. The highest BCUT2D eigenvalue weighted by Gasteiger charge is 2.38. The summed E-state index contributed by atoms with van der Waals surface area (Å²) in [6, 6.07) is -1.44. The first-order valence-electron chi connectivity index (χ1n) is 9.90. The Hall–Kier alpha value is -1.15. The molecule has 9 nitrogen and oxygen atoms in total. The fourth-order valence-corrected chi connectivity index (χ4v) is 4.88. The van der Waals surface area contributed by atoms with Crippen molar-refractivity contribution in [2.45, 2.75) is 96.0 Å². The van der Waals surface area contributed by atoms with Crippen LogP contribution >= 0.6 is 7.82 Å². The van der Waals surface area contributed by atoms with Gasteiger partial charge in [0.1, 0.15) is 5.60 Å². The smallest absolute Gasteiger partial charge is 0.475 e. The molecule has 0 saturated heterocycles. The van der Waals surface area contributed by atoms with Crippen molar-refractivity contribution in [3.8, 4) is 0 Å². The molecule has 2 N–H and O–H groups in total. The van der Waals surface area contributed by atoms with Crippen molar-refractivity contribution in [1.29, 1.82) is 0 Å². The zero-order chi connectivity index (χ0) is 20.8. The zero-order valence-electron chi connectivity index (χ0n) is 16.8. The van der Waals surface area contributed by atoms with Crippen LogP contribution in [0.5, 0.6) is 0 Å². The summed E-state index contributed by atoms with van der Waals surface area (Å²) < 4.78 is 34.9. The quantitative estimate of drug-likeness (QED) is 0.536. The molecule has 0 aromatic heterocycles. The Balaban J connectivity index is 1.98. The number of phosphoric acid groups is 1. The van der Waals surface area contributed by atoms with Crippen molar-refractivity contribution >= 4 is 19.9 Å². The van der Waals surface area contributed by atoms with Gasteiger partial charge < -0.3 is 15.2 Å². The maximum absolute atomic E-state index is 13.2. The van der Waals surface area contributed by atoms with Crippen molar-refractivity contribution in [1.82, 2.24) is 5.32 Å². The number of hydrogen-bond donors (Lipinski definition) is 2. The number of aliphatic carboxylic acids is 1. The lowest BCUT2D eigenvalue weighted by atomic mass is 10.2. The summed E-state index contributed by atoms with van der Waals surface area (Å²) in [5, 5.41) is 11.6. The van der Waals surface area contributed by atoms with Gasteiger partial charge in [0.2, 0.25) is 0 Å². The van der Waals surface area contributed by atoms with Gasteiger partial charge in [-0.25, -0.2) is 14.2 Å². The predicted octanol–water partition coefficient (Wildman–Crippen LogP) is 4.01. The van der Waals surface area contributed by atoms with E-state index in [2.05, 4.69) is 5.32 Å². The number of ether oxygens (including phenoxy) is 1. The van der Waals surface area contributed by atoms with Crippen LogP contribution in [0.3, 0.4) is 0 Å². The molecule has 2 aliphatic carbocycles. The van der Waals surface area contributed by atoms with Crippen LogP contribution in [0.4, 0.5) is 4.79 Å². The second kappa shape index (κ2) is 10.1. The molecule has 2 aliphatic rings. The summed E-state index contributed by atoms with van der Waals surface area (Å²) in [4.78, 5) is 23.4. The summed E-state index contributed by atoms with van der Waals surface area (Å²) >= 11 is 0. The van der Waals surface area contributed by atoms with E-state index in [1.807, 2.05) is 0 Å². The minimum absolute atomic E-state index is 0.227. The van der Waals surface area contributed by atoms with E-state index in [0.717, 1.165) is 51.4 Å². The molecule has 2 rings (SSSR count). The van der Waals surface area contributed by atoms with E-state index in [9.17, 15) is 19.3 Å². The molecule has 162 valence electrons. The van der Waals surface area contributed by atoms with E-state index in [-0.39, 0.29) is 12.2 Å². The second-order valence-electron chi connectivity index (χ2n) is 8.30. The maximum atomic E-state index is 13.2. The van der Waals surface area contributed by atoms with Crippen LogP contribution in [0.15, 0.2) is 0 Å². The van der Waals surface area contributed by atoms with Gasteiger partial charge in [0.15, 0.2) is 6.04 Å². The Morgan fingerprint density at radius 2 is 1.50 bits per heavy atom. The van der Waals surface area contributed by atoms with Gasteiger partial charge in [-0.2, -0.15) is 0 Å². The minimum Gasteiger partial charge on any atom is -0.480 e. The standard InChI is InChI=1S/C18H32NO8P/c1-18(2,3)25-17(22)19-15(16(20)21)12-24-28(23,26-13-8-4-5-9-13)27-14-10-6-7-11-14/h13-15H,4-12H2,1-3H3,(H,19,22)(H,20,21)/t15-/m0/s1. The highest BCUT2D eigenvalue weighted by atomic mass is 31.2. The Kier molecular flexibility index (Phi) is 8.30. The van der Waals surface area contributed by atoms with E-state index in [1.54, 1.807) is 20.8 Å². The first kappa shape index (κ1) is 23.1. The van der Waals surface area contributed by atoms with Crippen LogP contribution in [0.2, 0.25) is 0 Å². The summed E-state index contributed by atoms with van der Waals surface area (Å²) in [5.74, 6) is -1.33. The molecule has 2 saturated carbocycles. The molecule has 0 bridgehead atoms. The average molecular weight is 421 g/mol. The number of phosphoric ester groups is 1. The molecular formula is C18H32NO8P. The number of nitrogens with one attached hydrogen (secondary N) is 1. The Morgan fingerprint density at radius 3 is 1.89 bits per heavy atom. The van der Waals surface area contributed by atoms with Crippen molar-refractivity contribution in [2.24, 2.45) is 0 Å². The highest BCUT2D eigenvalue weighted by Crippen LogP contribution is 2.54. The molecule has 2 fully saturated rings. The molecular weight excluding hydrogens is 389 g/mol. The summed E-state index contributed by atoms with van der Waals surface area (Å²) in [5.41, 5.74) is -0.777. The Labute approximate surface area is 166 Å². The molecule has 0 unspecified atom stereocenters. The molecule has 0 heterocycles. The van der Waals surface area contributed by atoms with Crippen molar-refractivity contribution in [3.63, 3.8) is 0 Å². The lowest BCUT2D eigenvalue weighted by molar-refractivity contribution is -0.140. The number of alkyl carbamates (subject to hydrolysis) is 1. The molecule has 10 heteroatoms. The first-order chi connectivity index (χ1) is 13.1. The molecule has 0 spiro atoms. The number of rotatable bonds is 9. The topological polar surface area (TPSA) is 120 Å². The van der Waals surface area contributed by atoms with Gasteiger partial charge in [0.25, 0.3) is 0 Å². The predicted molar refractivity (Wildman–Crippen MR) is 101 cm³/mol. The van der Waals surface area contributed by atoms with Crippen LogP contribution in [0, 0.1) is 0 Å². The first-order valence-corrected chi connectivity index (χ1v) is 11.4. The van der Waals surface area contributed by atoms with E-state index < -0.39 is 38.1 Å². The monoisotopic (exact) mass is 421 g/mol. The zero-order valence-corrected chi connectivity index (χ0v) is 17.7. The molecule has 1 atom stereocenters. The van der Waals surface area contributed by atoms with E-state index >= 15 is 0 Å². The third kappa shape index (κ3) is 8.07. The number of carbonyl (C=O) groups excluding carboxylic acids is 1. The number of carboxylic acids is 1. The van der Waals surface area contributed by atoms with Gasteiger partial charge in [0, 0.05) is 0 Å². The molecule has 1 amide bonds. The number of carbonyl (C=O) groups is 2. The normalized spacial score (nSPS) is 20.2. The van der Waals surface area contributed by atoms with Crippen molar-refractivity contribution < 1.29 is 37.6 Å². The van der Waals surface area contributed by atoms with Gasteiger partial charge in [-0.3, -0.25) is 13.6 Å². The fourth-order valence-electron chi connectivity index (χ4n) is 3.23. The van der Waals surface area contributed by atoms with E-state index in [1.165, 1.54) is 0 Å². The maximum Gasteiger partial charge on any atom is 0.475 e. The Morgan fingerprint density at radius 1 is 1.04 bits per heavy atom. The van der Waals surface area contributed by atoms with E-state index in [4.69, 9.17) is 18.3 Å². The number of hydrogen-bond acceptors (Lipinski definition) is 7. The van der Waals surface area contributed by atoms with Gasteiger partial charge in [-0.1, -0.05) is 25.7 Å². The number of amides is 1. The van der Waals surface area contributed by atoms with Crippen LogP contribution in [-0.4, -0.2) is 47.6 Å². The summed E-state index contributed by atoms with van der Waals surface area (Å²) in [6.07, 6.45) is 5.62. The summed E-state index contributed by atoms with van der Waals surface area (Å²) in [7, 11) is -3.95. The van der Waals surface area contributed by atoms with Crippen molar-refractivity contribution in [3.05, 3.63) is 0 Å². The van der Waals surface area contributed by atoms with Crippen LogP contribution in [0.25, 0.3) is 0 Å². The molecule has 28 heavy (non-hydrogen) atoms. The molecule has 0 aromatic carbocycles. The third-order valence-electron chi connectivity index (χ3n) is 4.55. The summed E-state index contributed by atoms with van der Waals surface area (Å²) in [6.45, 7) is 4.44. The Bertz CT molecular complexity index is 557. The lowest BCUT2D eigenvalue weighted by Gasteiger charge is -2.26. The van der Waals surface area contributed by atoms with Gasteiger partial charge >= 0.3 is 19.9 Å². The second-order valence-corrected chi connectivity index (χ2v) is 9.88. The SMILES string of the molecule is CC(C)(C)OC(=O)N[C@@H](COP(=O)(OC1CCCC1)OC1CCCC1)C(=O)O. The highest BCUT2D eigenvalue weighted by molar-refractivity contribution is 7.48. The molecule has 0 aliphatic heterocycles. The lowest BCUT2D eigenvalue weighted by Crippen LogP contribution is -2.46. The van der Waals surface area contributed by atoms with Crippen LogP contribution in [0.1, 0.15) is 72.1 Å². The van der Waals surface area contributed by atoms with Crippen LogP contribution < -0.4 is 5.32 Å². The molecule has 0 radical (unpaired) electrons.